The molecule has 2 N–H and O–H groups in total. The second kappa shape index (κ2) is 5.85. The highest BCUT2D eigenvalue weighted by Gasteiger charge is 2.38. The van der Waals surface area contributed by atoms with Crippen molar-refractivity contribution in [3.63, 3.8) is 0 Å². The molecule has 0 aliphatic carbocycles. The molecule has 1 saturated heterocycles. The summed E-state index contributed by atoms with van der Waals surface area (Å²) in [6, 6.07) is 6.88. The predicted octanol–water partition coefficient (Wildman–Crippen LogP) is 2.86. The highest BCUT2D eigenvalue weighted by Crippen LogP contribution is 2.37. The lowest BCUT2D eigenvalue weighted by molar-refractivity contribution is 0.208. The van der Waals surface area contributed by atoms with Crippen molar-refractivity contribution in [2.75, 3.05) is 13.1 Å². The maximum absolute atomic E-state index is 9.35. The summed E-state index contributed by atoms with van der Waals surface area (Å²) in [6.45, 7) is 4.19. The van der Waals surface area contributed by atoms with E-state index in [0.29, 0.717) is 5.82 Å². The van der Waals surface area contributed by atoms with Crippen LogP contribution in [0.4, 0.5) is 0 Å². The molecule has 1 aliphatic heterocycles. The number of benzene rings is 1. The van der Waals surface area contributed by atoms with Crippen LogP contribution in [0.5, 0.6) is 5.75 Å². The fourth-order valence-electron chi connectivity index (χ4n) is 3.12. The number of nitrogens with zero attached hydrogens (tertiary/aromatic N) is 2. The van der Waals surface area contributed by atoms with Crippen molar-refractivity contribution >= 4 is 0 Å². The van der Waals surface area contributed by atoms with E-state index in [1.807, 2.05) is 0 Å². The molecule has 1 aromatic carbocycles. The van der Waals surface area contributed by atoms with Crippen molar-refractivity contribution in [2.45, 2.75) is 38.0 Å². The zero-order chi connectivity index (χ0) is 14.7. The van der Waals surface area contributed by atoms with Gasteiger partial charge in [-0.3, -0.25) is 0 Å². The van der Waals surface area contributed by atoms with E-state index in [-0.39, 0.29) is 11.2 Å². The van der Waals surface area contributed by atoms with Gasteiger partial charge in [0.05, 0.1) is 5.41 Å². The van der Waals surface area contributed by atoms with E-state index in [9.17, 15) is 5.11 Å². The second-order valence-corrected chi connectivity index (χ2v) is 5.75. The summed E-state index contributed by atoms with van der Waals surface area (Å²) in [4.78, 5) is 4.64. The molecule has 0 atom stereocenters. The number of phenolic OH excluding ortho intramolecular Hbond substituents is 1. The maximum Gasteiger partial charge on any atom is 0.233 e. The molecule has 2 heterocycles. The zero-order valence-electron chi connectivity index (χ0n) is 12.3. The monoisotopic (exact) mass is 287 g/mol. The van der Waals surface area contributed by atoms with Gasteiger partial charge in [-0.15, -0.1) is 0 Å². The van der Waals surface area contributed by atoms with Crippen molar-refractivity contribution in [3.8, 4) is 17.1 Å². The molecule has 1 fully saturated rings. The summed E-state index contributed by atoms with van der Waals surface area (Å²) < 4.78 is 5.59. The van der Waals surface area contributed by atoms with E-state index >= 15 is 0 Å². The molecule has 5 nitrogen and oxygen atoms in total. The quantitative estimate of drug-likeness (QED) is 0.904. The summed E-state index contributed by atoms with van der Waals surface area (Å²) in [5.74, 6) is 1.59. The molecule has 5 heteroatoms. The van der Waals surface area contributed by atoms with Crippen molar-refractivity contribution in [2.24, 2.45) is 0 Å². The lowest BCUT2D eigenvalue weighted by atomic mass is 9.75. The number of aromatic hydroxyl groups is 1. The first-order chi connectivity index (χ1) is 10.2. The third-order valence-electron chi connectivity index (χ3n) is 4.29. The van der Waals surface area contributed by atoms with Gasteiger partial charge in [0.2, 0.25) is 11.7 Å². The number of nitrogens with one attached hydrogen (secondary N) is 1. The summed E-state index contributed by atoms with van der Waals surface area (Å²) >= 11 is 0. The van der Waals surface area contributed by atoms with Crippen molar-refractivity contribution in [3.05, 3.63) is 30.2 Å². The van der Waals surface area contributed by atoms with Crippen molar-refractivity contribution < 1.29 is 9.63 Å². The van der Waals surface area contributed by atoms with Crippen LogP contribution in [0.3, 0.4) is 0 Å². The predicted molar refractivity (Wildman–Crippen MR) is 80.1 cm³/mol. The Balaban J connectivity index is 1.90. The van der Waals surface area contributed by atoms with Gasteiger partial charge in [-0.1, -0.05) is 18.5 Å². The topological polar surface area (TPSA) is 71.2 Å². The summed E-state index contributed by atoms with van der Waals surface area (Å²) in [6.07, 6.45) is 4.26. The molecule has 0 radical (unpaired) electrons. The normalized spacial score (nSPS) is 17.8. The molecule has 112 valence electrons. The molecule has 0 spiro atoms. The number of rotatable bonds is 4. The zero-order valence-corrected chi connectivity index (χ0v) is 12.3. The van der Waals surface area contributed by atoms with Gasteiger partial charge in [-0.25, -0.2) is 0 Å². The number of piperidine rings is 1. The van der Waals surface area contributed by atoms with E-state index in [1.165, 1.54) is 0 Å². The first-order valence-corrected chi connectivity index (χ1v) is 7.58. The molecular formula is C16H21N3O2. The standard InChI is InChI=1S/C16H21N3O2/c1-2-7-16(8-10-17-11-9-16)15-18-14(19-21-15)12-3-5-13(20)6-4-12/h3-6,17,20H,2,7-11H2,1H3. The smallest absolute Gasteiger partial charge is 0.233 e. The lowest BCUT2D eigenvalue weighted by Crippen LogP contribution is -2.40. The van der Waals surface area contributed by atoms with Gasteiger partial charge in [-0.2, -0.15) is 4.98 Å². The van der Waals surface area contributed by atoms with Crippen molar-refractivity contribution in [1.82, 2.24) is 15.5 Å². The Labute approximate surface area is 124 Å². The fourth-order valence-corrected chi connectivity index (χ4v) is 3.12. The summed E-state index contributed by atoms with van der Waals surface area (Å²) in [7, 11) is 0. The fraction of sp³-hybridized carbons (Fsp3) is 0.500. The Morgan fingerprint density at radius 3 is 2.62 bits per heavy atom. The molecule has 0 bridgehead atoms. The lowest BCUT2D eigenvalue weighted by Gasteiger charge is -2.34. The average molecular weight is 287 g/mol. The minimum Gasteiger partial charge on any atom is -0.508 e. The first-order valence-electron chi connectivity index (χ1n) is 7.58. The van der Waals surface area contributed by atoms with Gasteiger partial charge in [-0.05, 0) is 56.6 Å². The highest BCUT2D eigenvalue weighted by molar-refractivity contribution is 5.55. The first kappa shape index (κ1) is 14.1. The van der Waals surface area contributed by atoms with Gasteiger partial charge in [0.1, 0.15) is 5.75 Å². The van der Waals surface area contributed by atoms with Gasteiger partial charge in [0.15, 0.2) is 0 Å². The molecule has 0 saturated carbocycles. The SMILES string of the molecule is CCCC1(c2nc(-c3ccc(O)cc3)no2)CCNCC1. The summed E-state index contributed by atoms with van der Waals surface area (Å²) in [5, 5.41) is 16.9. The third-order valence-corrected chi connectivity index (χ3v) is 4.29. The summed E-state index contributed by atoms with van der Waals surface area (Å²) in [5.41, 5.74) is 0.880. The van der Waals surface area contributed by atoms with Gasteiger partial charge < -0.3 is 14.9 Å². The molecule has 2 aromatic rings. The van der Waals surface area contributed by atoms with Crippen LogP contribution in [0.15, 0.2) is 28.8 Å². The molecule has 21 heavy (non-hydrogen) atoms. The molecule has 1 aliphatic rings. The number of phenols is 1. The highest BCUT2D eigenvalue weighted by atomic mass is 16.5. The number of hydrogen-bond acceptors (Lipinski definition) is 5. The van der Waals surface area contributed by atoms with E-state index in [0.717, 1.165) is 50.2 Å². The van der Waals surface area contributed by atoms with Crippen LogP contribution in [0, 0.1) is 0 Å². The maximum atomic E-state index is 9.35. The van der Waals surface area contributed by atoms with Crippen LogP contribution in [0.1, 0.15) is 38.5 Å². The van der Waals surface area contributed by atoms with Crippen LogP contribution in [-0.2, 0) is 5.41 Å². The molecule has 0 unspecified atom stereocenters. The Morgan fingerprint density at radius 2 is 1.95 bits per heavy atom. The van der Waals surface area contributed by atoms with E-state index in [2.05, 4.69) is 22.4 Å². The molecule has 1 aromatic heterocycles. The van der Waals surface area contributed by atoms with Crippen LogP contribution >= 0.6 is 0 Å². The molecular weight excluding hydrogens is 266 g/mol. The van der Waals surface area contributed by atoms with Gasteiger partial charge in [0.25, 0.3) is 0 Å². The average Bonchev–Trinajstić information content (AvgIpc) is 3.00. The van der Waals surface area contributed by atoms with Crippen molar-refractivity contribution in [1.29, 1.82) is 0 Å². The Hall–Kier alpha value is -1.88. The largest absolute Gasteiger partial charge is 0.508 e. The minimum atomic E-state index is 0.0160. The van der Waals surface area contributed by atoms with Gasteiger partial charge in [0, 0.05) is 5.56 Å². The second-order valence-electron chi connectivity index (χ2n) is 5.75. The Bertz CT molecular complexity index is 580. The van der Waals surface area contributed by atoms with Crippen LogP contribution < -0.4 is 5.32 Å². The van der Waals surface area contributed by atoms with E-state index in [4.69, 9.17) is 4.52 Å². The minimum absolute atomic E-state index is 0.0160. The van der Waals surface area contributed by atoms with Gasteiger partial charge >= 0.3 is 0 Å². The number of aromatic nitrogens is 2. The molecule has 0 amide bonds. The Kier molecular flexibility index (Phi) is 3.92. The number of hydrogen-bond donors (Lipinski definition) is 2. The van der Waals surface area contributed by atoms with Crippen LogP contribution in [0.25, 0.3) is 11.4 Å². The Morgan fingerprint density at radius 1 is 1.24 bits per heavy atom. The van der Waals surface area contributed by atoms with E-state index in [1.54, 1.807) is 24.3 Å². The van der Waals surface area contributed by atoms with Crippen LogP contribution in [-0.4, -0.2) is 28.3 Å². The third kappa shape index (κ3) is 2.78. The van der Waals surface area contributed by atoms with E-state index < -0.39 is 0 Å². The molecule has 3 rings (SSSR count). The van der Waals surface area contributed by atoms with Crippen LogP contribution in [0.2, 0.25) is 0 Å².